The van der Waals surface area contributed by atoms with Crippen molar-refractivity contribution in [1.82, 2.24) is 0 Å². The molecule has 0 bridgehead atoms. The molecule has 2 unspecified atom stereocenters. The summed E-state index contributed by atoms with van der Waals surface area (Å²) in [4.78, 5) is 55.4. The monoisotopic (exact) mass is 893 g/mol. The van der Waals surface area contributed by atoms with Crippen molar-refractivity contribution in [1.29, 1.82) is 0 Å². The Hall–Kier alpha value is -1.96. The van der Waals surface area contributed by atoms with Crippen molar-refractivity contribution in [3.63, 3.8) is 0 Å². The van der Waals surface area contributed by atoms with Gasteiger partial charge in [0.25, 0.3) is 0 Å². The van der Waals surface area contributed by atoms with E-state index in [0.717, 1.165) is 77.0 Å². The molecule has 0 fully saturated rings. The van der Waals surface area contributed by atoms with Gasteiger partial charge in [-0.15, -0.1) is 0 Å². The summed E-state index contributed by atoms with van der Waals surface area (Å²) in [6, 6.07) is 0. The fourth-order valence-corrected chi connectivity index (χ4v) is 10.3. The number of carbonyl (C=O) groups is 4. The van der Waals surface area contributed by atoms with Gasteiger partial charge in [-0.2, -0.15) is 0 Å². The Balaban J connectivity index is 6.02. The van der Waals surface area contributed by atoms with Gasteiger partial charge in [-0.3, -0.25) is 14.4 Å². The van der Waals surface area contributed by atoms with Crippen molar-refractivity contribution >= 4 is 23.7 Å². The number of unbranched alkanes of at least 4 members (excludes halogenated alkanes) is 36. The third-order valence-corrected chi connectivity index (χ3v) is 14.4. The lowest BCUT2D eigenvalue weighted by Gasteiger charge is -2.50. The molecule has 0 aliphatic carbocycles. The van der Waals surface area contributed by atoms with Crippen LogP contribution in [0.25, 0.3) is 0 Å². The zero-order valence-electron chi connectivity index (χ0n) is 42.0. The lowest BCUT2D eigenvalue weighted by Crippen LogP contribution is -2.72. The fourth-order valence-electron chi connectivity index (χ4n) is 10.3. The predicted octanol–water partition coefficient (Wildman–Crippen LogP) is 16.8. The summed E-state index contributed by atoms with van der Waals surface area (Å²) < 4.78 is 0. The van der Waals surface area contributed by atoms with Crippen molar-refractivity contribution in [2.75, 3.05) is 0 Å². The van der Waals surface area contributed by atoms with E-state index in [1.165, 1.54) is 135 Å². The van der Waals surface area contributed by atoms with Crippen LogP contribution in [0.5, 0.6) is 0 Å². The van der Waals surface area contributed by atoms with Crippen LogP contribution < -0.4 is 0 Å². The second-order valence-electron chi connectivity index (χ2n) is 19.8. The quantitative estimate of drug-likeness (QED) is 0.0348. The highest BCUT2D eigenvalue weighted by atomic mass is 16.4. The van der Waals surface area contributed by atoms with Crippen molar-refractivity contribution in [2.45, 2.75) is 316 Å². The van der Waals surface area contributed by atoms with Gasteiger partial charge in [0.05, 0.1) is 0 Å². The number of hydrogen-bond acceptors (Lipinski definition) is 5. The van der Waals surface area contributed by atoms with Crippen molar-refractivity contribution < 1.29 is 39.6 Å². The predicted molar refractivity (Wildman–Crippen MR) is 264 cm³/mol. The molecule has 0 aliphatic heterocycles. The van der Waals surface area contributed by atoms with Gasteiger partial charge in [0, 0.05) is 6.42 Å². The van der Waals surface area contributed by atoms with Gasteiger partial charge < -0.3 is 20.4 Å². The molecular weight excluding hydrogens is 789 g/mol. The van der Waals surface area contributed by atoms with Gasteiger partial charge in [-0.25, -0.2) is 4.79 Å². The molecule has 0 radical (unpaired) electrons. The molecule has 4 N–H and O–H groups in total. The number of aliphatic hydroxyl groups is 1. The Morgan fingerprint density at radius 1 is 0.302 bits per heavy atom. The number of Topliss-reactive ketones (excluding diaryl/α,β-unsaturated/α-hetero) is 1. The Labute approximate surface area is 388 Å². The first-order valence-corrected chi connectivity index (χ1v) is 27.5. The number of rotatable bonds is 50. The zero-order chi connectivity index (χ0) is 46.9. The fraction of sp³-hybridized carbons (Fsp3) is 0.927. The summed E-state index contributed by atoms with van der Waals surface area (Å²) in [5, 5.41) is 46.2. The molecule has 8 nitrogen and oxygen atoms in total. The minimum Gasteiger partial charge on any atom is -0.481 e. The van der Waals surface area contributed by atoms with Crippen LogP contribution in [0.3, 0.4) is 0 Å². The van der Waals surface area contributed by atoms with Crippen molar-refractivity contribution in [3.8, 4) is 0 Å². The van der Waals surface area contributed by atoms with Gasteiger partial charge in [-0.05, 0) is 25.7 Å². The van der Waals surface area contributed by atoms with E-state index < -0.39 is 46.5 Å². The molecule has 0 aromatic heterocycles. The second-order valence-corrected chi connectivity index (χ2v) is 19.8. The van der Waals surface area contributed by atoms with E-state index in [9.17, 15) is 39.6 Å². The summed E-state index contributed by atoms with van der Waals surface area (Å²) in [7, 11) is 0. The van der Waals surface area contributed by atoms with Gasteiger partial charge >= 0.3 is 17.9 Å². The average molecular weight is 893 g/mol. The number of carboxylic acid groups (broad SMARTS) is 3. The molecule has 0 saturated carbocycles. The normalized spacial score (nSPS) is 13.8. The summed E-state index contributed by atoms with van der Waals surface area (Å²) in [5.41, 5.74) is -8.44. The standard InChI is InChI=1S/C55H104O8/c1-5-9-12-15-18-21-24-27-30-33-36-39-42-46-53(50(57)58,47-43-40-37-34-31-28-25-22-19-16-13-10-6-2)55(63,52(61)62)54(51(59)60,49(56)45-8-4)48-44-41-38-35-32-29-26-23-20-17-14-11-7-3/h63H,5-48H2,1-4H3,(H,57,58)(H,59,60)(H,61,62). The van der Waals surface area contributed by atoms with E-state index in [0.29, 0.717) is 32.1 Å². The van der Waals surface area contributed by atoms with E-state index in [4.69, 9.17) is 0 Å². The smallest absolute Gasteiger partial charge is 0.338 e. The molecular formula is C55H104O8. The highest BCUT2D eigenvalue weighted by Gasteiger charge is 2.75. The number of carboxylic acids is 3. The Kier molecular flexibility index (Phi) is 39.1. The molecule has 0 aromatic rings. The first-order chi connectivity index (χ1) is 30.5. The zero-order valence-corrected chi connectivity index (χ0v) is 42.0. The summed E-state index contributed by atoms with van der Waals surface area (Å²) >= 11 is 0. The van der Waals surface area contributed by atoms with Crippen LogP contribution in [0.2, 0.25) is 0 Å². The number of carbonyl (C=O) groups excluding carboxylic acids is 1. The van der Waals surface area contributed by atoms with Crippen LogP contribution in [0.4, 0.5) is 0 Å². The van der Waals surface area contributed by atoms with Gasteiger partial charge in [0.2, 0.25) is 5.60 Å². The molecule has 0 rings (SSSR count). The van der Waals surface area contributed by atoms with Crippen LogP contribution in [-0.2, 0) is 19.2 Å². The number of aliphatic carboxylic acids is 3. The maximum absolute atomic E-state index is 14.3. The van der Waals surface area contributed by atoms with Crippen LogP contribution in [0, 0.1) is 10.8 Å². The Morgan fingerprint density at radius 3 is 0.746 bits per heavy atom. The van der Waals surface area contributed by atoms with Crippen molar-refractivity contribution in [2.24, 2.45) is 10.8 Å². The van der Waals surface area contributed by atoms with E-state index in [2.05, 4.69) is 20.8 Å². The third kappa shape index (κ3) is 24.4. The Morgan fingerprint density at radius 2 is 0.540 bits per heavy atom. The summed E-state index contributed by atoms with van der Waals surface area (Å²) in [5.74, 6) is -6.00. The van der Waals surface area contributed by atoms with Crippen LogP contribution >= 0.6 is 0 Å². The molecule has 0 saturated heterocycles. The largest absolute Gasteiger partial charge is 0.481 e. The summed E-state index contributed by atoms with van der Waals surface area (Å²) in [6.07, 6.45) is 40.8. The summed E-state index contributed by atoms with van der Waals surface area (Å²) in [6.45, 7) is 8.41. The Bertz CT molecular complexity index is 1090. The molecule has 0 amide bonds. The highest BCUT2D eigenvalue weighted by Crippen LogP contribution is 2.55. The van der Waals surface area contributed by atoms with E-state index in [1.54, 1.807) is 6.92 Å². The SMILES string of the molecule is CCCCCCCCCCCCCCCC(CCCCCCCCCCCCCCC)(C(=O)O)C(O)(C(=O)O)C(CCCCCCCCCCCCCCC)(C(=O)O)C(=O)CCC. The lowest BCUT2D eigenvalue weighted by molar-refractivity contribution is -0.224. The highest BCUT2D eigenvalue weighted by molar-refractivity contribution is 6.10. The molecule has 0 spiro atoms. The molecule has 63 heavy (non-hydrogen) atoms. The molecule has 0 aromatic carbocycles. The minimum atomic E-state index is -3.32. The topological polar surface area (TPSA) is 149 Å². The average Bonchev–Trinajstić information content (AvgIpc) is 3.25. The van der Waals surface area contributed by atoms with E-state index in [1.807, 2.05) is 0 Å². The number of hydrogen-bond donors (Lipinski definition) is 4. The maximum Gasteiger partial charge on any atom is 0.338 e. The van der Waals surface area contributed by atoms with Crippen LogP contribution in [-0.4, -0.2) is 49.7 Å². The van der Waals surface area contributed by atoms with E-state index in [-0.39, 0.29) is 32.1 Å². The molecule has 8 heteroatoms. The van der Waals surface area contributed by atoms with Gasteiger partial charge in [0.15, 0.2) is 11.2 Å². The van der Waals surface area contributed by atoms with E-state index >= 15 is 0 Å². The first-order valence-electron chi connectivity index (χ1n) is 27.5. The lowest BCUT2D eigenvalue weighted by atomic mass is 9.51. The molecule has 372 valence electrons. The van der Waals surface area contributed by atoms with Gasteiger partial charge in [0.1, 0.15) is 5.41 Å². The maximum atomic E-state index is 14.3. The third-order valence-electron chi connectivity index (χ3n) is 14.4. The molecule has 2 atom stereocenters. The first kappa shape index (κ1) is 61.0. The van der Waals surface area contributed by atoms with Gasteiger partial charge in [-0.1, -0.05) is 278 Å². The van der Waals surface area contributed by atoms with Crippen molar-refractivity contribution in [3.05, 3.63) is 0 Å². The van der Waals surface area contributed by atoms with Crippen LogP contribution in [0.1, 0.15) is 310 Å². The minimum absolute atomic E-state index is 0.186. The number of ketones is 1. The molecule has 0 aliphatic rings. The van der Waals surface area contributed by atoms with Crippen LogP contribution in [0.15, 0.2) is 0 Å². The second kappa shape index (κ2) is 40.3. The molecule has 0 heterocycles.